The molecule has 1 heterocycles. The average Bonchev–Trinajstić information content (AvgIpc) is 2.88. The van der Waals surface area contributed by atoms with Gasteiger partial charge in [0.05, 0.1) is 6.54 Å². The minimum Gasteiger partial charge on any atom is -0.480 e. The average molecular weight is 316 g/mol. The Morgan fingerprint density at radius 1 is 1.40 bits per heavy atom. The molecule has 0 aliphatic carbocycles. The first-order valence-corrected chi connectivity index (χ1v) is 8.61. The molecule has 0 radical (unpaired) electrons. The normalized spacial score (nSPS) is 11.9. The molecule has 0 aromatic carbocycles. The molecule has 0 saturated carbocycles. The van der Waals surface area contributed by atoms with E-state index in [-0.39, 0.29) is 0 Å². The van der Waals surface area contributed by atoms with E-state index in [4.69, 9.17) is 5.11 Å². The number of thiophene rings is 1. The lowest BCUT2D eigenvalue weighted by molar-refractivity contribution is -0.139. The van der Waals surface area contributed by atoms with Crippen LogP contribution in [0, 0.1) is 0 Å². The largest absolute Gasteiger partial charge is 0.480 e. The molecular formula is C13H20N2O3S2. The second kappa shape index (κ2) is 8.86. The summed E-state index contributed by atoms with van der Waals surface area (Å²) in [7, 11) is 0. The van der Waals surface area contributed by atoms with Crippen molar-refractivity contribution in [2.45, 2.75) is 32.4 Å². The van der Waals surface area contributed by atoms with Crippen molar-refractivity contribution in [2.24, 2.45) is 0 Å². The van der Waals surface area contributed by atoms with Crippen LogP contribution in [0.2, 0.25) is 0 Å². The topological polar surface area (TPSA) is 78.4 Å². The molecule has 112 valence electrons. The number of nitrogens with one attached hydrogen (secondary N) is 2. The van der Waals surface area contributed by atoms with Gasteiger partial charge in [-0.25, -0.2) is 9.59 Å². The highest BCUT2D eigenvalue weighted by atomic mass is 32.2. The van der Waals surface area contributed by atoms with E-state index in [1.54, 1.807) is 23.1 Å². The fraction of sp³-hybridized carbons (Fsp3) is 0.538. The fourth-order valence-corrected chi connectivity index (χ4v) is 2.95. The van der Waals surface area contributed by atoms with Gasteiger partial charge in [0.1, 0.15) is 6.04 Å². The van der Waals surface area contributed by atoms with Crippen LogP contribution in [0.25, 0.3) is 0 Å². The summed E-state index contributed by atoms with van der Waals surface area (Å²) in [5, 5.41) is 14.2. The van der Waals surface area contributed by atoms with Crippen molar-refractivity contribution in [1.29, 1.82) is 0 Å². The van der Waals surface area contributed by atoms with Gasteiger partial charge in [-0.2, -0.15) is 11.8 Å². The minimum atomic E-state index is -1.00. The van der Waals surface area contributed by atoms with Crippen molar-refractivity contribution in [1.82, 2.24) is 10.6 Å². The predicted octanol–water partition coefficient (Wildman–Crippen LogP) is 2.32. The molecule has 7 heteroatoms. The number of urea groups is 1. The van der Waals surface area contributed by atoms with Crippen LogP contribution in [0.5, 0.6) is 0 Å². The van der Waals surface area contributed by atoms with Gasteiger partial charge in [-0.1, -0.05) is 6.92 Å². The lowest BCUT2D eigenvalue weighted by Gasteiger charge is -2.14. The maximum absolute atomic E-state index is 11.7. The van der Waals surface area contributed by atoms with E-state index in [0.29, 0.717) is 18.7 Å². The number of aryl methyl sites for hydroxylation is 1. The van der Waals surface area contributed by atoms with Gasteiger partial charge in [0.25, 0.3) is 0 Å². The lowest BCUT2D eigenvalue weighted by atomic mass is 10.2. The van der Waals surface area contributed by atoms with Crippen LogP contribution in [0.1, 0.15) is 23.1 Å². The highest BCUT2D eigenvalue weighted by Gasteiger charge is 2.19. The maximum Gasteiger partial charge on any atom is 0.326 e. The highest BCUT2D eigenvalue weighted by Crippen LogP contribution is 2.16. The number of rotatable bonds is 8. The number of thioether (sulfide) groups is 1. The summed E-state index contributed by atoms with van der Waals surface area (Å²) in [6.07, 6.45) is 3.30. The van der Waals surface area contributed by atoms with E-state index in [1.807, 2.05) is 18.4 Å². The minimum absolute atomic E-state index is 0.420. The van der Waals surface area contributed by atoms with Crippen molar-refractivity contribution in [2.75, 3.05) is 12.0 Å². The number of carbonyl (C=O) groups is 2. The van der Waals surface area contributed by atoms with Crippen LogP contribution in [0.4, 0.5) is 4.79 Å². The molecule has 3 N–H and O–H groups in total. The van der Waals surface area contributed by atoms with Crippen LogP contribution in [0.15, 0.2) is 12.1 Å². The van der Waals surface area contributed by atoms with Gasteiger partial charge in [0.15, 0.2) is 0 Å². The predicted molar refractivity (Wildman–Crippen MR) is 83.5 cm³/mol. The van der Waals surface area contributed by atoms with Gasteiger partial charge < -0.3 is 15.7 Å². The molecule has 1 aromatic heterocycles. The van der Waals surface area contributed by atoms with Crippen molar-refractivity contribution in [3.8, 4) is 0 Å². The molecule has 1 aromatic rings. The standard InChI is InChI=1S/C13H20N2O3S2/c1-3-9-4-5-10(20-9)8-14-13(18)15-11(12(16)17)6-7-19-2/h4-5,11H,3,6-8H2,1-2H3,(H,16,17)(H2,14,15,18). The summed E-state index contributed by atoms with van der Waals surface area (Å²) in [5.74, 6) is -0.305. The Balaban J connectivity index is 2.39. The first-order valence-electron chi connectivity index (χ1n) is 6.40. The molecule has 20 heavy (non-hydrogen) atoms. The zero-order valence-electron chi connectivity index (χ0n) is 11.6. The summed E-state index contributed by atoms with van der Waals surface area (Å²) in [4.78, 5) is 25.0. The van der Waals surface area contributed by atoms with Gasteiger partial charge in [-0.15, -0.1) is 11.3 Å². The number of aliphatic carboxylic acids is 1. The van der Waals surface area contributed by atoms with Gasteiger partial charge in [0.2, 0.25) is 0 Å². The van der Waals surface area contributed by atoms with Crippen molar-refractivity contribution in [3.05, 3.63) is 21.9 Å². The summed E-state index contributed by atoms with van der Waals surface area (Å²) < 4.78 is 0. The highest BCUT2D eigenvalue weighted by molar-refractivity contribution is 7.98. The van der Waals surface area contributed by atoms with Crippen molar-refractivity contribution in [3.63, 3.8) is 0 Å². The van der Waals surface area contributed by atoms with E-state index >= 15 is 0 Å². The van der Waals surface area contributed by atoms with E-state index in [1.165, 1.54) is 4.88 Å². The molecule has 0 aliphatic rings. The Morgan fingerprint density at radius 2 is 2.10 bits per heavy atom. The number of carbonyl (C=O) groups excluding carboxylic acids is 1. The SMILES string of the molecule is CCc1ccc(CNC(=O)NC(CCSC)C(=O)O)s1. The summed E-state index contributed by atoms with van der Waals surface area (Å²) in [5.41, 5.74) is 0. The second-order valence-corrected chi connectivity index (χ2v) is 6.46. The molecule has 2 amide bonds. The first kappa shape index (κ1) is 16.8. The number of hydrogen-bond acceptors (Lipinski definition) is 4. The molecular weight excluding hydrogens is 296 g/mol. The number of hydrogen-bond donors (Lipinski definition) is 3. The second-order valence-electron chi connectivity index (χ2n) is 4.22. The molecule has 0 saturated heterocycles. The van der Waals surface area contributed by atoms with Crippen LogP contribution in [0.3, 0.4) is 0 Å². The fourth-order valence-electron chi connectivity index (χ4n) is 1.58. The molecule has 0 bridgehead atoms. The number of amides is 2. The lowest BCUT2D eigenvalue weighted by Crippen LogP contribution is -2.46. The van der Waals surface area contributed by atoms with Crippen LogP contribution < -0.4 is 10.6 Å². The summed E-state index contributed by atoms with van der Waals surface area (Å²) in [6, 6.07) is 2.74. The quantitative estimate of drug-likeness (QED) is 0.688. The van der Waals surface area contributed by atoms with Gasteiger partial charge >= 0.3 is 12.0 Å². The smallest absolute Gasteiger partial charge is 0.326 e. The van der Waals surface area contributed by atoms with E-state index in [2.05, 4.69) is 17.6 Å². The number of carboxylic acid groups (broad SMARTS) is 1. The van der Waals surface area contributed by atoms with Crippen molar-refractivity contribution < 1.29 is 14.7 Å². The molecule has 1 unspecified atom stereocenters. The Hall–Kier alpha value is -1.21. The zero-order valence-corrected chi connectivity index (χ0v) is 13.3. The number of carboxylic acids is 1. The van der Waals surface area contributed by atoms with Crippen molar-refractivity contribution >= 4 is 35.1 Å². The monoisotopic (exact) mass is 316 g/mol. The Bertz CT molecular complexity index is 449. The molecule has 0 fully saturated rings. The molecule has 5 nitrogen and oxygen atoms in total. The zero-order chi connectivity index (χ0) is 15.0. The third kappa shape index (κ3) is 5.83. The Morgan fingerprint density at radius 3 is 2.65 bits per heavy atom. The van der Waals surface area contributed by atoms with E-state index in [9.17, 15) is 9.59 Å². The van der Waals surface area contributed by atoms with Crippen LogP contribution >= 0.6 is 23.1 Å². The third-order valence-corrected chi connectivity index (χ3v) is 4.58. The summed E-state index contributed by atoms with van der Waals surface area (Å²) >= 11 is 3.21. The molecule has 0 aliphatic heterocycles. The Kier molecular flexibility index (Phi) is 7.46. The molecule has 1 atom stereocenters. The van der Waals surface area contributed by atoms with Gasteiger partial charge in [-0.3, -0.25) is 0 Å². The van der Waals surface area contributed by atoms with E-state index < -0.39 is 18.0 Å². The van der Waals surface area contributed by atoms with Crippen LogP contribution in [-0.2, 0) is 17.8 Å². The maximum atomic E-state index is 11.7. The summed E-state index contributed by atoms with van der Waals surface area (Å²) in [6.45, 7) is 2.50. The van der Waals surface area contributed by atoms with Gasteiger partial charge in [-0.05, 0) is 37.0 Å². The molecule has 1 rings (SSSR count). The first-order chi connectivity index (χ1) is 9.56. The Labute approximate surface area is 127 Å². The molecule has 0 spiro atoms. The third-order valence-electron chi connectivity index (χ3n) is 2.70. The van der Waals surface area contributed by atoms with Crippen LogP contribution in [-0.4, -0.2) is 35.2 Å². The van der Waals surface area contributed by atoms with Gasteiger partial charge in [0, 0.05) is 9.75 Å². The van der Waals surface area contributed by atoms with E-state index in [0.717, 1.165) is 11.3 Å².